The van der Waals surface area contributed by atoms with Gasteiger partial charge in [0.2, 0.25) is 5.91 Å². The normalized spacial score (nSPS) is 10.7. The van der Waals surface area contributed by atoms with Gasteiger partial charge in [0.1, 0.15) is 0 Å². The van der Waals surface area contributed by atoms with Crippen molar-refractivity contribution in [3.63, 3.8) is 0 Å². The number of nitrogens with one attached hydrogen (secondary N) is 1. The van der Waals surface area contributed by atoms with Gasteiger partial charge >= 0.3 is 0 Å². The van der Waals surface area contributed by atoms with Crippen molar-refractivity contribution in [3.05, 3.63) is 58.1 Å². The molecule has 0 aliphatic carbocycles. The van der Waals surface area contributed by atoms with E-state index in [1.54, 1.807) is 43.5 Å². The zero-order chi connectivity index (χ0) is 17.5. The average Bonchev–Trinajstić information content (AvgIpc) is 2.56. The SMILES string of the molecule is CCOc1ccc(/C=C/C(=O)Nc2ccc(Cl)cc2Cl)cc1OC. The van der Waals surface area contributed by atoms with Gasteiger partial charge in [-0.05, 0) is 48.9 Å². The van der Waals surface area contributed by atoms with E-state index in [1.807, 2.05) is 13.0 Å². The summed E-state index contributed by atoms with van der Waals surface area (Å²) in [6.45, 7) is 2.45. The van der Waals surface area contributed by atoms with Crippen molar-refractivity contribution in [2.45, 2.75) is 6.92 Å². The van der Waals surface area contributed by atoms with Gasteiger partial charge in [0.15, 0.2) is 11.5 Å². The van der Waals surface area contributed by atoms with Crippen molar-refractivity contribution in [1.29, 1.82) is 0 Å². The second-order valence-electron chi connectivity index (χ2n) is 4.79. The number of hydrogen-bond donors (Lipinski definition) is 1. The number of carbonyl (C=O) groups is 1. The van der Waals surface area contributed by atoms with E-state index in [0.717, 1.165) is 5.56 Å². The van der Waals surface area contributed by atoms with E-state index in [-0.39, 0.29) is 5.91 Å². The van der Waals surface area contributed by atoms with Crippen LogP contribution in [0.25, 0.3) is 6.08 Å². The molecule has 6 heteroatoms. The maximum atomic E-state index is 12.0. The van der Waals surface area contributed by atoms with Crippen LogP contribution in [-0.4, -0.2) is 19.6 Å². The quantitative estimate of drug-likeness (QED) is 0.728. The summed E-state index contributed by atoms with van der Waals surface area (Å²) in [7, 11) is 1.57. The first-order valence-corrected chi connectivity index (χ1v) is 8.04. The van der Waals surface area contributed by atoms with Gasteiger partial charge in [-0.25, -0.2) is 0 Å². The fourth-order valence-electron chi connectivity index (χ4n) is 2.00. The lowest BCUT2D eigenvalue weighted by Gasteiger charge is -2.09. The summed E-state index contributed by atoms with van der Waals surface area (Å²) in [5.41, 5.74) is 1.31. The van der Waals surface area contributed by atoms with E-state index in [0.29, 0.717) is 33.8 Å². The van der Waals surface area contributed by atoms with Crippen LogP contribution in [0.5, 0.6) is 11.5 Å². The van der Waals surface area contributed by atoms with Gasteiger partial charge in [0.25, 0.3) is 0 Å². The fourth-order valence-corrected chi connectivity index (χ4v) is 2.46. The highest BCUT2D eigenvalue weighted by Gasteiger charge is 2.06. The maximum Gasteiger partial charge on any atom is 0.248 e. The summed E-state index contributed by atoms with van der Waals surface area (Å²) in [5.74, 6) is 0.974. The van der Waals surface area contributed by atoms with Crippen LogP contribution < -0.4 is 14.8 Å². The monoisotopic (exact) mass is 365 g/mol. The van der Waals surface area contributed by atoms with Gasteiger partial charge in [0, 0.05) is 11.1 Å². The Bertz CT molecular complexity index is 760. The molecule has 2 rings (SSSR count). The largest absolute Gasteiger partial charge is 0.493 e. The van der Waals surface area contributed by atoms with Gasteiger partial charge in [0.05, 0.1) is 24.4 Å². The molecule has 24 heavy (non-hydrogen) atoms. The molecule has 1 amide bonds. The molecule has 0 aliphatic rings. The molecule has 0 fully saturated rings. The average molecular weight is 366 g/mol. The van der Waals surface area contributed by atoms with Gasteiger partial charge in [-0.3, -0.25) is 4.79 Å². The molecular weight excluding hydrogens is 349 g/mol. The van der Waals surface area contributed by atoms with Crippen LogP contribution in [0.4, 0.5) is 5.69 Å². The van der Waals surface area contributed by atoms with Crippen molar-refractivity contribution in [2.24, 2.45) is 0 Å². The molecule has 0 saturated carbocycles. The van der Waals surface area contributed by atoms with Crippen molar-refractivity contribution in [2.75, 3.05) is 19.0 Å². The molecule has 126 valence electrons. The van der Waals surface area contributed by atoms with Crippen LogP contribution in [0.2, 0.25) is 10.0 Å². The van der Waals surface area contributed by atoms with Crippen molar-refractivity contribution in [3.8, 4) is 11.5 Å². The molecule has 0 radical (unpaired) electrons. The molecule has 0 aliphatic heterocycles. The van der Waals surface area contributed by atoms with E-state index < -0.39 is 0 Å². The summed E-state index contributed by atoms with van der Waals surface area (Å²) < 4.78 is 10.7. The Morgan fingerprint density at radius 1 is 1.17 bits per heavy atom. The molecule has 0 heterocycles. The lowest BCUT2D eigenvalue weighted by Crippen LogP contribution is -2.08. The van der Waals surface area contributed by atoms with Crippen LogP contribution in [0.3, 0.4) is 0 Å². The number of ether oxygens (including phenoxy) is 2. The molecule has 0 unspecified atom stereocenters. The third-order valence-corrected chi connectivity index (χ3v) is 3.65. The predicted octanol–water partition coefficient (Wildman–Crippen LogP) is 5.05. The van der Waals surface area contributed by atoms with Crippen LogP contribution in [0.1, 0.15) is 12.5 Å². The second-order valence-corrected chi connectivity index (χ2v) is 5.63. The van der Waals surface area contributed by atoms with E-state index in [4.69, 9.17) is 32.7 Å². The highest BCUT2D eigenvalue weighted by atomic mass is 35.5. The Balaban J connectivity index is 2.08. The van der Waals surface area contributed by atoms with E-state index in [9.17, 15) is 4.79 Å². The first-order valence-electron chi connectivity index (χ1n) is 7.28. The number of halogens is 2. The van der Waals surface area contributed by atoms with Gasteiger partial charge < -0.3 is 14.8 Å². The topological polar surface area (TPSA) is 47.6 Å². The van der Waals surface area contributed by atoms with Crippen LogP contribution in [-0.2, 0) is 4.79 Å². The Morgan fingerprint density at radius 3 is 2.62 bits per heavy atom. The number of rotatable bonds is 6. The number of hydrogen-bond acceptors (Lipinski definition) is 3. The lowest BCUT2D eigenvalue weighted by atomic mass is 10.2. The molecular formula is C18H17Cl2NO3. The number of carbonyl (C=O) groups excluding carboxylic acids is 1. The Labute approximate surface area is 151 Å². The lowest BCUT2D eigenvalue weighted by molar-refractivity contribution is -0.111. The Morgan fingerprint density at radius 2 is 1.96 bits per heavy atom. The predicted molar refractivity (Wildman–Crippen MR) is 98.3 cm³/mol. The van der Waals surface area contributed by atoms with E-state index in [1.165, 1.54) is 6.08 Å². The highest BCUT2D eigenvalue weighted by molar-refractivity contribution is 6.36. The Hall–Kier alpha value is -2.17. The van der Waals surface area contributed by atoms with Crippen LogP contribution in [0.15, 0.2) is 42.5 Å². The number of anilines is 1. The zero-order valence-electron chi connectivity index (χ0n) is 13.3. The van der Waals surface area contributed by atoms with Crippen LogP contribution in [0, 0.1) is 0 Å². The maximum absolute atomic E-state index is 12.0. The summed E-state index contributed by atoms with van der Waals surface area (Å²) in [4.78, 5) is 12.0. The molecule has 0 saturated heterocycles. The number of amides is 1. The van der Waals surface area contributed by atoms with E-state index in [2.05, 4.69) is 5.32 Å². The van der Waals surface area contributed by atoms with Gasteiger partial charge in [-0.2, -0.15) is 0 Å². The number of benzene rings is 2. The standard InChI is InChI=1S/C18H17Cl2NO3/c1-3-24-16-8-4-12(10-17(16)23-2)5-9-18(22)21-15-7-6-13(19)11-14(15)20/h4-11H,3H2,1-2H3,(H,21,22)/b9-5+. The minimum atomic E-state index is -0.299. The zero-order valence-corrected chi connectivity index (χ0v) is 14.8. The second kappa shape index (κ2) is 8.62. The summed E-state index contributed by atoms with van der Waals surface area (Å²) in [6.07, 6.45) is 3.09. The molecule has 0 aromatic heterocycles. The van der Waals surface area contributed by atoms with Gasteiger partial charge in [-0.15, -0.1) is 0 Å². The summed E-state index contributed by atoms with van der Waals surface area (Å²) in [6, 6.07) is 10.3. The van der Waals surface area contributed by atoms with Crippen molar-refractivity contribution in [1.82, 2.24) is 0 Å². The first-order chi connectivity index (χ1) is 11.5. The summed E-state index contributed by atoms with van der Waals surface area (Å²) >= 11 is 11.8. The molecule has 0 atom stereocenters. The smallest absolute Gasteiger partial charge is 0.248 e. The minimum Gasteiger partial charge on any atom is -0.493 e. The van der Waals surface area contributed by atoms with Gasteiger partial charge in [-0.1, -0.05) is 29.3 Å². The van der Waals surface area contributed by atoms with Crippen LogP contribution >= 0.6 is 23.2 Å². The van der Waals surface area contributed by atoms with Crippen molar-refractivity contribution >= 4 is 40.9 Å². The highest BCUT2D eigenvalue weighted by Crippen LogP contribution is 2.28. The third-order valence-electron chi connectivity index (χ3n) is 3.10. The fraction of sp³-hybridized carbons (Fsp3) is 0.167. The Kier molecular flexibility index (Phi) is 6.53. The molecule has 0 bridgehead atoms. The molecule has 2 aromatic rings. The molecule has 2 aromatic carbocycles. The molecule has 4 nitrogen and oxygen atoms in total. The first kappa shape index (κ1) is 18.2. The number of methoxy groups -OCH3 is 1. The summed E-state index contributed by atoms with van der Waals surface area (Å²) in [5, 5.41) is 3.59. The minimum absolute atomic E-state index is 0.299. The molecule has 1 N–H and O–H groups in total. The third kappa shape index (κ3) is 4.91. The van der Waals surface area contributed by atoms with Crippen molar-refractivity contribution < 1.29 is 14.3 Å². The van der Waals surface area contributed by atoms with E-state index >= 15 is 0 Å². The molecule has 0 spiro atoms.